The van der Waals surface area contributed by atoms with Crippen LogP contribution in [0.25, 0.3) is 5.82 Å². The lowest BCUT2D eigenvalue weighted by Gasteiger charge is -2.23. The second-order valence-corrected chi connectivity index (χ2v) is 7.42. The highest BCUT2D eigenvalue weighted by atomic mass is 16.2. The number of pyridine rings is 1. The molecular weight excluding hydrogens is 364 g/mol. The minimum absolute atomic E-state index is 0.0854. The summed E-state index contributed by atoms with van der Waals surface area (Å²) in [5.41, 5.74) is 3.99. The Hall–Kier alpha value is -3.19. The number of amides is 2. The summed E-state index contributed by atoms with van der Waals surface area (Å²) in [6.07, 6.45) is 1.76. The predicted octanol–water partition coefficient (Wildman–Crippen LogP) is 2.99. The van der Waals surface area contributed by atoms with Crippen LogP contribution in [-0.2, 0) is 6.54 Å². The molecule has 0 bridgehead atoms. The standard InChI is InChI=1S/C22H28N6O/c1-16-12-17(2)28(26-16)21-11-10-18(13-23-21)14-24-22(29)25-20(15-27(3)4)19-8-6-5-7-9-19/h5-13,20H,14-15H2,1-4H3,(H2,24,25,29). The monoisotopic (exact) mass is 392 g/mol. The van der Waals surface area contributed by atoms with Crippen molar-refractivity contribution >= 4 is 6.03 Å². The molecule has 2 N–H and O–H groups in total. The minimum Gasteiger partial charge on any atom is -0.334 e. The number of aryl methyl sites for hydroxylation is 2. The Balaban J connectivity index is 1.58. The van der Waals surface area contributed by atoms with E-state index in [9.17, 15) is 4.79 Å². The molecule has 1 aromatic carbocycles. The maximum atomic E-state index is 12.4. The second-order valence-electron chi connectivity index (χ2n) is 7.42. The van der Waals surface area contributed by atoms with Gasteiger partial charge in [-0.25, -0.2) is 14.5 Å². The fourth-order valence-corrected chi connectivity index (χ4v) is 3.18. The van der Waals surface area contributed by atoms with Crippen molar-refractivity contribution in [2.24, 2.45) is 0 Å². The maximum absolute atomic E-state index is 12.4. The third-order valence-corrected chi connectivity index (χ3v) is 4.54. The van der Waals surface area contributed by atoms with Gasteiger partial charge in [0, 0.05) is 25.0 Å². The third-order valence-electron chi connectivity index (χ3n) is 4.54. The van der Waals surface area contributed by atoms with Gasteiger partial charge in [-0.15, -0.1) is 0 Å². The molecule has 7 heteroatoms. The predicted molar refractivity (Wildman–Crippen MR) is 114 cm³/mol. The first-order valence-corrected chi connectivity index (χ1v) is 9.65. The van der Waals surface area contributed by atoms with Crippen LogP contribution >= 0.6 is 0 Å². The summed E-state index contributed by atoms with van der Waals surface area (Å²) in [6, 6.07) is 15.6. The van der Waals surface area contributed by atoms with E-state index in [1.165, 1.54) is 0 Å². The van der Waals surface area contributed by atoms with Crippen LogP contribution in [0, 0.1) is 13.8 Å². The zero-order valence-electron chi connectivity index (χ0n) is 17.4. The van der Waals surface area contributed by atoms with Crippen LogP contribution in [0.5, 0.6) is 0 Å². The molecule has 3 rings (SSSR count). The van der Waals surface area contributed by atoms with Gasteiger partial charge in [-0.1, -0.05) is 36.4 Å². The Kier molecular flexibility index (Phi) is 6.61. The number of rotatable bonds is 7. The largest absolute Gasteiger partial charge is 0.334 e. The van der Waals surface area contributed by atoms with Crippen LogP contribution in [-0.4, -0.2) is 46.3 Å². The van der Waals surface area contributed by atoms with Gasteiger partial charge in [-0.2, -0.15) is 5.10 Å². The molecule has 2 aromatic heterocycles. The molecular formula is C22H28N6O. The quantitative estimate of drug-likeness (QED) is 0.648. The molecule has 152 valence electrons. The molecule has 0 aliphatic heterocycles. The van der Waals surface area contributed by atoms with E-state index in [2.05, 4.69) is 25.6 Å². The number of carbonyl (C=O) groups is 1. The molecule has 0 aliphatic carbocycles. The van der Waals surface area contributed by atoms with Crippen molar-refractivity contribution in [2.45, 2.75) is 26.4 Å². The van der Waals surface area contributed by atoms with Crippen LogP contribution in [0.15, 0.2) is 54.7 Å². The molecule has 0 saturated heterocycles. The molecule has 0 radical (unpaired) electrons. The average molecular weight is 393 g/mol. The number of hydrogen-bond donors (Lipinski definition) is 2. The van der Waals surface area contributed by atoms with E-state index < -0.39 is 0 Å². The Bertz CT molecular complexity index is 934. The minimum atomic E-state index is -0.205. The number of aromatic nitrogens is 3. The summed E-state index contributed by atoms with van der Waals surface area (Å²) in [6.45, 7) is 5.08. The fourth-order valence-electron chi connectivity index (χ4n) is 3.18. The average Bonchev–Trinajstić information content (AvgIpc) is 3.04. The summed E-state index contributed by atoms with van der Waals surface area (Å²) in [5, 5.41) is 10.4. The highest BCUT2D eigenvalue weighted by Gasteiger charge is 2.15. The maximum Gasteiger partial charge on any atom is 0.315 e. The van der Waals surface area contributed by atoms with Gasteiger partial charge in [0.05, 0.1) is 11.7 Å². The van der Waals surface area contributed by atoms with Crippen molar-refractivity contribution in [1.29, 1.82) is 0 Å². The molecule has 0 aliphatic rings. The molecule has 2 amide bonds. The lowest BCUT2D eigenvalue weighted by Crippen LogP contribution is -2.41. The lowest BCUT2D eigenvalue weighted by molar-refractivity contribution is 0.232. The van der Waals surface area contributed by atoms with Crippen LogP contribution < -0.4 is 10.6 Å². The van der Waals surface area contributed by atoms with Crippen molar-refractivity contribution in [3.8, 4) is 5.82 Å². The molecule has 3 aromatic rings. The SMILES string of the molecule is Cc1cc(C)n(-c2ccc(CNC(=O)NC(CN(C)C)c3ccccc3)cn2)n1. The number of carbonyl (C=O) groups excluding carboxylic acids is 1. The van der Waals surface area contributed by atoms with Crippen molar-refractivity contribution in [3.63, 3.8) is 0 Å². The summed E-state index contributed by atoms with van der Waals surface area (Å²) in [4.78, 5) is 19.0. The van der Waals surface area contributed by atoms with Crippen LogP contribution in [0.1, 0.15) is 28.6 Å². The Morgan fingerprint density at radius 3 is 2.48 bits per heavy atom. The van der Waals surface area contributed by atoms with E-state index >= 15 is 0 Å². The summed E-state index contributed by atoms with van der Waals surface area (Å²) < 4.78 is 1.81. The third kappa shape index (κ3) is 5.65. The summed E-state index contributed by atoms with van der Waals surface area (Å²) >= 11 is 0. The molecule has 1 atom stereocenters. The number of urea groups is 1. The molecule has 1 unspecified atom stereocenters. The van der Waals surface area contributed by atoms with E-state index in [1.807, 2.05) is 81.2 Å². The molecule has 7 nitrogen and oxygen atoms in total. The van der Waals surface area contributed by atoms with Gasteiger partial charge >= 0.3 is 6.03 Å². The normalized spacial score (nSPS) is 12.0. The molecule has 2 heterocycles. The smallest absolute Gasteiger partial charge is 0.315 e. The number of hydrogen-bond acceptors (Lipinski definition) is 4. The van der Waals surface area contributed by atoms with Gasteiger partial charge < -0.3 is 15.5 Å². The Morgan fingerprint density at radius 1 is 1.14 bits per heavy atom. The van der Waals surface area contributed by atoms with Gasteiger partial charge in [0.2, 0.25) is 0 Å². The van der Waals surface area contributed by atoms with Crippen LogP contribution in [0.2, 0.25) is 0 Å². The number of nitrogens with one attached hydrogen (secondary N) is 2. The van der Waals surface area contributed by atoms with E-state index in [1.54, 1.807) is 6.20 Å². The number of benzene rings is 1. The van der Waals surface area contributed by atoms with Crippen LogP contribution in [0.3, 0.4) is 0 Å². The first kappa shape index (κ1) is 20.5. The Labute approximate surface area is 171 Å². The van der Waals surface area contributed by atoms with Crippen molar-refractivity contribution < 1.29 is 4.79 Å². The highest BCUT2D eigenvalue weighted by Crippen LogP contribution is 2.13. The number of nitrogens with zero attached hydrogens (tertiary/aromatic N) is 4. The lowest BCUT2D eigenvalue weighted by atomic mass is 10.1. The van der Waals surface area contributed by atoms with E-state index in [-0.39, 0.29) is 12.1 Å². The molecule has 0 spiro atoms. The fraction of sp³-hybridized carbons (Fsp3) is 0.318. The van der Waals surface area contributed by atoms with Crippen molar-refractivity contribution in [2.75, 3.05) is 20.6 Å². The number of likely N-dealkylation sites (N-methyl/N-ethyl adjacent to an activating group) is 1. The zero-order chi connectivity index (χ0) is 20.8. The van der Waals surface area contributed by atoms with E-state index in [0.29, 0.717) is 6.54 Å². The topological polar surface area (TPSA) is 75.1 Å². The van der Waals surface area contributed by atoms with Gasteiger partial charge in [0.25, 0.3) is 0 Å². The first-order valence-electron chi connectivity index (χ1n) is 9.65. The van der Waals surface area contributed by atoms with E-state index in [4.69, 9.17) is 0 Å². The Morgan fingerprint density at radius 2 is 1.90 bits per heavy atom. The summed E-state index contributed by atoms with van der Waals surface area (Å²) in [7, 11) is 3.98. The first-order chi connectivity index (χ1) is 13.9. The van der Waals surface area contributed by atoms with Crippen LogP contribution in [0.4, 0.5) is 4.79 Å². The van der Waals surface area contributed by atoms with Gasteiger partial charge in [-0.05, 0) is 51.2 Å². The van der Waals surface area contributed by atoms with Gasteiger partial charge in [0.15, 0.2) is 5.82 Å². The second kappa shape index (κ2) is 9.34. The van der Waals surface area contributed by atoms with E-state index in [0.717, 1.165) is 34.9 Å². The molecule has 0 fully saturated rings. The molecule has 29 heavy (non-hydrogen) atoms. The zero-order valence-corrected chi connectivity index (χ0v) is 17.4. The van der Waals surface area contributed by atoms with Crippen molar-refractivity contribution in [1.82, 2.24) is 30.3 Å². The van der Waals surface area contributed by atoms with Crippen molar-refractivity contribution in [3.05, 3.63) is 77.2 Å². The summed E-state index contributed by atoms with van der Waals surface area (Å²) in [5.74, 6) is 0.763. The molecule has 0 saturated carbocycles. The highest BCUT2D eigenvalue weighted by molar-refractivity contribution is 5.74. The van der Waals surface area contributed by atoms with Gasteiger partial charge in [-0.3, -0.25) is 0 Å². The van der Waals surface area contributed by atoms with Gasteiger partial charge in [0.1, 0.15) is 0 Å².